The summed E-state index contributed by atoms with van der Waals surface area (Å²) in [6, 6.07) is 19.7. The number of fused-ring (bicyclic) bond motifs is 2. The lowest BCUT2D eigenvalue weighted by Gasteiger charge is -2.38. The highest BCUT2D eigenvalue weighted by Crippen LogP contribution is 2.37. The quantitative estimate of drug-likeness (QED) is 0.424. The van der Waals surface area contributed by atoms with Crippen LogP contribution in [0.4, 0.5) is 4.79 Å². The molecular formula is C31H43N3O3. The molecule has 0 aromatic heterocycles. The number of piperidine rings is 1. The van der Waals surface area contributed by atoms with Crippen molar-refractivity contribution in [2.24, 2.45) is 5.92 Å². The SMILES string of the molecule is CC(NC(=O)NC1CCC(CCN2C3CCC2CC(O)C3)CC1)C(O)(c1ccccc1)c1ccccc1. The summed E-state index contributed by atoms with van der Waals surface area (Å²) < 4.78 is 0. The molecule has 2 amide bonds. The van der Waals surface area contributed by atoms with Crippen molar-refractivity contribution in [3.8, 4) is 0 Å². The second kappa shape index (κ2) is 11.5. The second-order valence-electron chi connectivity index (χ2n) is 11.6. The minimum atomic E-state index is -1.33. The number of hydrogen-bond acceptors (Lipinski definition) is 4. The number of aliphatic hydroxyl groups excluding tert-OH is 1. The largest absolute Gasteiger partial charge is 0.393 e. The third-order valence-corrected chi connectivity index (χ3v) is 9.24. The molecule has 4 N–H and O–H groups in total. The number of nitrogens with zero attached hydrogens (tertiary/aromatic N) is 1. The number of carbonyl (C=O) groups excluding carboxylic acids is 1. The highest BCUT2D eigenvalue weighted by molar-refractivity contribution is 5.75. The van der Waals surface area contributed by atoms with E-state index >= 15 is 0 Å². The van der Waals surface area contributed by atoms with Gasteiger partial charge in [0, 0.05) is 18.1 Å². The van der Waals surface area contributed by atoms with E-state index in [2.05, 4.69) is 15.5 Å². The Bertz CT molecular complexity index is 955. The van der Waals surface area contributed by atoms with E-state index in [0.29, 0.717) is 18.0 Å². The standard InChI is InChI=1S/C31H43N3O3/c1-22(31(37,24-8-4-2-5-9-24)25-10-6-3-7-11-25)32-30(36)33-26-14-12-23(13-15-26)18-19-34-27-16-17-28(34)21-29(35)20-27/h2-11,22-23,26-29,35,37H,12-21H2,1H3,(H2,32,33,36). The molecule has 1 aliphatic carbocycles. The fourth-order valence-electron chi connectivity index (χ4n) is 7.12. The predicted octanol–water partition coefficient (Wildman–Crippen LogP) is 4.55. The third-order valence-electron chi connectivity index (χ3n) is 9.24. The zero-order valence-electron chi connectivity index (χ0n) is 22.1. The number of urea groups is 1. The van der Waals surface area contributed by atoms with Gasteiger partial charge in [0.05, 0.1) is 12.1 Å². The number of nitrogens with one attached hydrogen (secondary N) is 2. The fraction of sp³-hybridized carbons (Fsp3) is 0.581. The molecule has 0 radical (unpaired) electrons. The molecule has 2 bridgehead atoms. The van der Waals surface area contributed by atoms with Crippen molar-refractivity contribution in [3.63, 3.8) is 0 Å². The summed E-state index contributed by atoms with van der Waals surface area (Å²) in [5.74, 6) is 0.715. The second-order valence-corrected chi connectivity index (χ2v) is 11.6. The highest BCUT2D eigenvalue weighted by atomic mass is 16.3. The maximum absolute atomic E-state index is 13.0. The van der Waals surface area contributed by atoms with Crippen molar-refractivity contribution in [2.45, 2.75) is 101 Å². The normalized spacial score (nSPS) is 29.0. The smallest absolute Gasteiger partial charge is 0.315 e. The third kappa shape index (κ3) is 5.87. The van der Waals surface area contributed by atoms with Crippen LogP contribution in [0.2, 0.25) is 0 Å². The van der Waals surface area contributed by atoms with Gasteiger partial charge in [0.15, 0.2) is 0 Å². The lowest BCUT2D eigenvalue weighted by molar-refractivity contribution is 0.0314. The molecule has 2 heterocycles. The molecule has 2 aromatic rings. The van der Waals surface area contributed by atoms with E-state index < -0.39 is 11.6 Å². The highest BCUT2D eigenvalue weighted by Gasteiger charge is 2.41. The molecular weight excluding hydrogens is 462 g/mol. The van der Waals surface area contributed by atoms with Gasteiger partial charge in [-0.25, -0.2) is 4.79 Å². The lowest BCUT2D eigenvalue weighted by Crippen LogP contribution is -2.54. The van der Waals surface area contributed by atoms with Gasteiger partial charge >= 0.3 is 6.03 Å². The van der Waals surface area contributed by atoms with E-state index in [9.17, 15) is 15.0 Å². The van der Waals surface area contributed by atoms with Gasteiger partial charge in [-0.2, -0.15) is 0 Å². The monoisotopic (exact) mass is 505 g/mol. The summed E-state index contributed by atoms with van der Waals surface area (Å²) in [6.07, 6.45) is 9.80. The summed E-state index contributed by atoms with van der Waals surface area (Å²) in [5, 5.41) is 28.2. The number of aliphatic hydroxyl groups is 2. The Morgan fingerprint density at radius 1 is 0.919 bits per heavy atom. The minimum absolute atomic E-state index is 0.0968. The molecule has 3 aliphatic rings. The molecule has 200 valence electrons. The number of carbonyl (C=O) groups is 1. The molecule has 3 atom stereocenters. The van der Waals surface area contributed by atoms with Gasteiger partial charge in [0.1, 0.15) is 5.60 Å². The van der Waals surface area contributed by atoms with Crippen LogP contribution in [0.25, 0.3) is 0 Å². The molecule has 6 heteroatoms. The van der Waals surface area contributed by atoms with Gasteiger partial charge in [-0.05, 0) is 88.3 Å². The molecule has 1 saturated carbocycles. The Labute approximate surface area is 221 Å². The van der Waals surface area contributed by atoms with Crippen LogP contribution in [-0.2, 0) is 5.60 Å². The van der Waals surface area contributed by atoms with E-state index in [1.165, 1.54) is 19.3 Å². The fourth-order valence-corrected chi connectivity index (χ4v) is 7.12. The summed E-state index contributed by atoms with van der Waals surface area (Å²) in [6.45, 7) is 3.02. The van der Waals surface area contributed by atoms with Crippen molar-refractivity contribution >= 4 is 6.03 Å². The predicted molar refractivity (Wildman–Crippen MR) is 146 cm³/mol. The van der Waals surface area contributed by atoms with Crippen LogP contribution in [0, 0.1) is 5.92 Å². The van der Waals surface area contributed by atoms with Crippen LogP contribution < -0.4 is 10.6 Å². The molecule has 2 aromatic carbocycles. The van der Waals surface area contributed by atoms with E-state index in [-0.39, 0.29) is 18.2 Å². The van der Waals surface area contributed by atoms with E-state index in [1.54, 1.807) is 0 Å². The first-order chi connectivity index (χ1) is 17.9. The van der Waals surface area contributed by atoms with Crippen molar-refractivity contribution in [1.82, 2.24) is 15.5 Å². The van der Waals surface area contributed by atoms with Crippen molar-refractivity contribution in [1.29, 1.82) is 0 Å². The van der Waals surface area contributed by atoms with Crippen LogP contribution >= 0.6 is 0 Å². The van der Waals surface area contributed by atoms with Crippen LogP contribution in [0.15, 0.2) is 60.7 Å². The maximum Gasteiger partial charge on any atom is 0.315 e. The van der Waals surface area contributed by atoms with Crippen LogP contribution in [0.1, 0.15) is 75.8 Å². The molecule has 37 heavy (non-hydrogen) atoms. The van der Waals surface area contributed by atoms with Crippen LogP contribution in [-0.4, -0.2) is 58.0 Å². The lowest BCUT2D eigenvalue weighted by atomic mass is 9.81. The topological polar surface area (TPSA) is 84.8 Å². The number of benzene rings is 2. The van der Waals surface area contributed by atoms with E-state index in [4.69, 9.17) is 0 Å². The molecule has 3 fully saturated rings. The maximum atomic E-state index is 13.0. The summed E-state index contributed by atoms with van der Waals surface area (Å²) in [5.41, 5.74) is 0.179. The van der Waals surface area contributed by atoms with Gasteiger partial charge in [-0.3, -0.25) is 4.90 Å². The zero-order valence-corrected chi connectivity index (χ0v) is 22.1. The summed E-state index contributed by atoms with van der Waals surface area (Å²) in [7, 11) is 0. The molecule has 0 spiro atoms. The Morgan fingerprint density at radius 2 is 1.46 bits per heavy atom. The Hall–Kier alpha value is -2.41. The first-order valence-electron chi connectivity index (χ1n) is 14.3. The van der Waals surface area contributed by atoms with Crippen LogP contribution in [0.3, 0.4) is 0 Å². The van der Waals surface area contributed by atoms with Gasteiger partial charge < -0.3 is 20.8 Å². The van der Waals surface area contributed by atoms with Gasteiger partial charge in [0.25, 0.3) is 0 Å². The van der Waals surface area contributed by atoms with Gasteiger partial charge in [-0.15, -0.1) is 0 Å². The molecule has 2 saturated heterocycles. The Kier molecular flexibility index (Phi) is 8.18. The average molecular weight is 506 g/mol. The molecule has 6 nitrogen and oxygen atoms in total. The Balaban J connectivity index is 1.11. The first kappa shape index (κ1) is 26.2. The molecule has 5 rings (SSSR count). The van der Waals surface area contributed by atoms with Crippen molar-refractivity contribution < 1.29 is 15.0 Å². The summed E-state index contributed by atoms with van der Waals surface area (Å²) >= 11 is 0. The molecule has 3 unspecified atom stereocenters. The Morgan fingerprint density at radius 3 is 2.00 bits per heavy atom. The van der Waals surface area contributed by atoms with E-state index in [1.807, 2.05) is 67.6 Å². The van der Waals surface area contributed by atoms with Gasteiger partial charge in [0.2, 0.25) is 0 Å². The van der Waals surface area contributed by atoms with Crippen molar-refractivity contribution in [3.05, 3.63) is 71.8 Å². The van der Waals surface area contributed by atoms with E-state index in [0.717, 1.165) is 56.2 Å². The first-order valence-corrected chi connectivity index (χ1v) is 14.3. The minimum Gasteiger partial charge on any atom is -0.393 e. The van der Waals surface area contributed by atoms with Crippen molar-refractivity contribution in [2.75, 3.05) is 6.54 Å². The summed E-state index contributed by atoms with van der Waals surface area (Å²) in [4.78, 5) is 15.7. The number of hydrogen-bond donors (Lipinski definition) is 4. The number of rotatable bonds is 8. The average Bonchev–Trinajstić information content (AvgIpc) is 3.17. The van der Waals surface area contributed by atoms with Gasteiger partial charge in [-0.1, -0.05) is 60.7 Å². The molecule has 2 aliphatic heterocycles. The van der Waals surface area contributed by atoms with Crippen LogP contribution in [0.5, 0.6) is 0 Å². The zero-order chi connectivity index (χ0) is 25.8. The number of amides is 2.